The number of amides is 1. The molecule has 84 valence electrons. The molecule has 16 heavy (non-hydrogen) atoms. The largest absolute Gasteiger partial charge is 0.368 e. The molecule has 0 unspecified atom stereocenters. The number of carbonyl (C=O) groups is 1. The lowest BCUT2D eigenvalue weighted by Gasteiger charge is -2.22. The smallest absolute Gasteiger partial charge is 0.237 e. The fourth-order valence-electron chi connectivity index (χ4n) is 2.14. The number of fused-ring (bicyclic) bond motifs is 1. The van der Waals surface area contributed by atoms with Crippen LogP contribution in [0.4, 0.5) is 5.69 Å². The molecule has 0 bridgehead atoms. The van der Waals surface area contributed by atoms with E-state index in [9.17, 15) is 4.79 Å². The van der Waals surface area contributed by atoms with E-state index in [1.807, 2.05) is 38.1 Å². The van der Waals surface area contributed by atoms with Crippen molar-refractivity contribution in [2.45, 2.75) is 19.3 Å². The Morgan fingerprint density at radius 1 is 1.44 bits per heavy atom. The third-order valence-electron chi connectivity index (χ3n) is 3.04. The number of rotatable bonds is 2. The van der Waals surface area contributed by atoms with E-state index in [4.69, 9.17) is 11.1 Å². The molecule has 3 N–H and O–H groups in total. The van der Waals surface area contributed by atoms with Gasteiger partial charge in [0.05, 0.1) is 0 Å². The first-order valence-electron chi connectivity index (χ1n) is 5.19. The van der Waals surface area contributed by atoms with E-state index >= 15 is 0 Å². The van der Waals surface area contributed by atoms with Crippen LogP contribution in [0.25, 0.3) is 0 Å². The van der Waals surface area contributed by atoms with Gasteiger partial charge in [-0.15, -0.1) is 0 Å². The third-order valence-corrected chi connectivity index (χ3v) is 3.04. The number of nitrogens with two attached hydrogens (primary N) is 1. The average molecular weight is 217 g/mol. The number of anilines is 1. The lowest BCUT2D eigenvalue weighted by atomic mass is 9.86. The maximum Gasteiger partial charge on any atom is 0.237 e. The van der Waals surface area contributed by atoms with Crippen LogP contribution in [0.1, 0.15) is 19.4 Å². The number of hydrogen-bond donors (Lipinski definition) is 2. The van der Waals surface area contributed by atoms with Crippen LogP contribution < -0.4 is 10.6 Å². The van der Waals surface area contributed by atoms with Crippen LogP contribution in [0.3, 0.4) is 0 Å². The second kappa shape index (κ2) is 3.33. The Balaban J connectivity index is 2.51. The van der Waals surface area contributed by atoms with Crippen molar-refractivity contribution in [3.05, 3.63) is 29.8 Å². The summed E-state index contributed by atoms with van der Waals surface area (Å²) in [6.07, 6.45) is 0. The summed E-state index contributed by atoms with van der Waals surface area (Å²) in [6, 6.07) is 7.76. The van der Waals surface area contributed by atoms with E-state index in [1.54, 1.807) is 4.90 Å². The molecule has 0 saturated carbocycles. The van der Waals surface area contributed by atoms with Crippen molar-refractivity contribution in [3.8, 4) is 0 Å². The van der Waals surface area contributed by atoms with E-state index in [-0.39, 0.29) is 12.0 Å². The van der Waals surface area contributed by atoms with Gasteiger partial charge < -0.3 is 10.6 Å². The fourth-order valence-corrected chi connectivity index (χ4v) is 2.14. The van der Waals surface area contributed by atoms with Crippen molar-refractivity contribution < 1.29 is 4.79 Å². The van der Waals surface area contributed by atoms with Gasteiger partial charge in [-0.1, -0.05) is 18.2 Å². The standard InChI is InChI=1S/C12H15N3O/c1-12(2)8-5-3-4-6-9(8)15(11(12)14)7-10(13)16/h3-6,14H,7H2,1-2H3,(H2,13,16). The Hall–Kier alpha value is -1.84. The Morgan fingerprint density at radius 2 is 2.06 bits per heavy atom. The predicted molar refractivity (Wildman–Crippen MR) is 63.7 cm³/mol. The Bertz CT molecular complexity index is 465. The van der Waals surface area contributed by atoms with Crippen molar-refractivity contribution in [1.29, 1.82) is 5.41 Å². The van der Waals surface area contributed by atoms with E-state index in [1.165, 1.54) is 0 Å². The first-order valence-corrected chi connectivity index (χ1v) is 5.19. The number of primary amides is 1. The van der Waals surface area contributed by atoms with Gasteiger partial charge in [0, 0.05) is 11.1 Å². The first kappa shape index (κ1) is 10.7. The quantitative estimate of drug-likeness (QED) is 0.782. The number of amidine groups is 1. The summed E-state index contributed by atoms with van der Waals surface area (Å²) >= 11 is 0. The van der Waals surface area contributed by atoms with Crippen molar-refractivity contribution >= 4 is 17.4 Å². The monoisotopic (exact) mass is 217 g/mol. The summed E-state index contributed by atoms with van der Waals surface area (Å²) < 4.78 is 0. The molecule has 1 amide bonds. The van der Waals surface area contributed by atoms with E-state index in [2.05, 4.69) is 0 Å². The summed E-state index contributed by atoms with van der Waals surface area (Å²) in [5.41, 5.74) is 6.83. The topological polar surface area (TPSA) is 70.2 Å². The lowest BCUT2D eigenvalue weighted by Crippen LogP contribution is -2.40. The summed E-state index contributed by atoms with van der Waals surface area (Å²) in [6.45, 7) is 4.03. The highest BCUT2D eigenvalue weighted by Gasteiger charge is 2.40. The first-order chi connectivity index (χ1) is 7.44. The van der Waals surface area contributed by atoms with Crippen LogP contribution in [-0.2, 0) is 10.2 Å². The number of benzene rings is 1. The minimum absolute atomic E-state index is 0.0687. The molecule has 2 rings (SSSR count). The zero-order valence-corrected chi connectivity index (χ0v) is 9.45. The Kier molecular flexibility index (Phi) is 2.22. The van der Waals surface area contributed by atoms with Crippen LogP contribution in [0.15, 0.2) is 24.3 Å². The van der Waals surface area contributed by atoms with Crippen molar-refractivity contribution in [2.24, 2.45) is 5.73 Å². The van der Waals surface area contributed by atoms with Gasteiger partial charge in [-0.25, -0.2) is 0 Å². The molecule has 0 aromatic heterocycles. The molecule has 4 nitrogen and oxygen atoms in total. The second-order valence-corrected chi connectivity index (χ2v) is 4.54. The SMILES string of the molecule is CC1(C)C(=N)N(CC(N)=O)c2ccccc21. The molecule has 0 aliphatic carbocycles. The number of hydrogen-bond acceptors (Lipinski definition) is 2. The van der Waals surface area contributed by atoms with Crippen LogP contribution in [0, 0.1) is 5.41 Å². The number of nitrogens with one attached hydrogen (secondary N) is 1. The molecule has 4 heteroatoms. The minimum atomic E-state index is -0.419. The van der Waals surface area contributed by atoms with Crippen LogP contribution in [0.5, 0.6) is 0 Å². The summed E-state index contributed by atoms with van der Waals surface area (Å²) in [7, 11) is 0. The van der Waals surface area contributed by atoms with Crippen molar-refractivity contribution in [2.75, 3.05) is 11.4 Å². The number of para-hydroxylation sites is 1. The molecule has 0 spiro atoms. The van der Waals surface area contributed by atoms with Gasteiger partial charge in [-0.3, -0.25) is 10.2 Å². The molecule has 0 fully saturated rings. The molecule has 1 aliphatic rings. The minimum Gasteiger partial charge on any atom is -0.368 e. The van der Waals surface area contributed by atoms with Gasteiger partial charge in [-0.05, 0) is 25.5 Å². The maximum absolute atomic E-state index is 11.0. The maximum atomic E-state index is 11.0. The van der Waals surface area contributed by atoms with Crippen LogP contribution in [0.2, 0.25) is 0 Å². The van der Waals surface area contributed by atoms with Crippen LogP contribution in [-0.4, -0.2) is 18.3 Å². The molecule has 1 aromatic carbocycles. The summed E-state index contributed by atoms with van der Waals surface area (Å²) in [4.78, 5) is 12.7. The van der Waals surface area contributed by atoms with Crippen LogP contribution >= 0.6 is 0 Å². The molecule has 1 aliphatic heterocycles. The lowest BCUT2D eigenvalue weighted by molar-refractivity contribution is -0.116. The average Bonchev–Trinajstić information content (AvgIpc) is 2.41. The Morgan fingerprint density at radius 3 is 2.69 bits per heavy atom. The molecule has 1 aromatic rings. The second-order valence-electron chi connectivity index (χ2n) is 4.54. The number of nitrogens with zero attached hydrogens (tertiary/aromatic N) is 1. The summed E-state index contributed by atoms with van der Waals surface area (Å²) in [5, 5.41) is 8.11. The molecule has 0 radical (unpaired) electrons. The highest BCUT2D eigenvalue weighted by atomic mass is 16.1. The summed E-state index contributed by atoms with van der Waals surface area (Å²) in [5.74, 6) is 0.00440. The van der Waals surface area contributed by atoms with Gasteiger partial charge in [0.2, 0.25) is 5.91 Å². The van der Waals surface area contributed by atoms with E-state index in [0.29, 0.717) is 5.84 Å². The Labute approximate surface area is 94.6 Å². The van der Waals surface area contributed by atoms with Gasteiger partial charge in [0.1, 0.15) is 12.4 Å². The normalized spacial score (nSPS) is 17.4. The van der Waals surface area contributed by atoms with E-state index < -0.39 is 5.91 Å². The van der Waals surface area contributed by atoms with Gasteiger partial charge >= 0.3 is 0 Å². The molecular formula is C12H15N3O. The zero-order valence-electron chi connectivity index (χ0n) is 9.45. The highest BCUT2D eigenvalue weighted by Crippen LogP contribution is 2.41. The highest BCUT2D eigenvalue weighted by molar-refractivity contribution is 6.11. The zero-order chi connectivity index (χ0) is 11.9. The predicted octanol–water partition coefficient (Wildman–Crippen LogP) is 1.25. The molecular weight excluding hydrogens is 202 g/mol. The molecule has 0 saturated heterocycles. The van der Waals surface area contributed by atoms with Crippen molar-refractivity contribution in [3.63, 3.8) is 0 Å². The van der Waals surface area contributed by atoms with Gasteiger partial charge in [0.25, 0.3) is 0 Å². The fraction of sp³-hybridized carbons (Fsp3) is 0.333. The molecule has 1 heterocycles. The number of carbonyl (C=O) groups excluding carboxylic acids is 1. The van der Waals surface area contributed by atoms with Gasteiger partial charge in [0.15, 0.2) is 0 Å². The molecule has 0 atom stereocenters. The third kappa shape index (κ3) is 1.38. The van der Waals surface area contributed by atoms with E-state index in [0.717, 1.165) is 11.3 Å². The van der Waals surface area contributed by atoms with Gasteiger partial charge in [-0.2, -0.15) is 0 Å². The van der Waals surface area contributed by atoms with Crippen molar-refractivity contribution in [1.82, 2.24) is 0 Å².